The largest absolute Gasteiger partial charge is 0.337 e. The average Bonchev–Trinajstić information content (AvgIpc) is 2.39. The van der Waals surface area contributed by atoms with E-state index in [2.05, 4.69) is 10.6 Å². The molecule has 0 saturated heterocycles. The molecule has 0 aliphatic heterocycles. The SMILES string of the molecule is CN(C)C(=O)NCCNCc1cccc(C#N)c1F. The molecule has 0 radical (unpaired) electrons. The summed E-state index contributed by atoms with van der Waals surface area (Å²) in [4.78, 5) is 12.6. The van der Waals surface area contributed by atoms with Gasteiger partial charge < -0.3 is 15.5 Å². The number of carbonyl (C=O) groups is 1. The van der Waals surface area contributed by atoms with E-state index in [0.29, 0.717) is 25.2 Å². The molecule has 0 saturated carbocycles. The molecule has 0 aromatic heterocycles. The van der Waals surface area contributed by atoms with E-state index < -0.39 is 5.82 Å². The van der Waals surface area contributed by atoms with E-state index in [1.54, 1.807) is 32.3 Å². The molecule has 1 aromatic carbocycles. The number of hydrogen-bond donors (Lipinski definition) is 2. The molecule has 2 N–H and O–H groups in total. The van der Waals surface area contributed by atoms with E-state index in [-0.39, 0.29) is 11.6 Å². The molecule has 5 nitrogen and oxygen atoms in total. The molecule has 2 amide bonds. The monoisotopic (exact) mass is 264 g/mol. The Balaban J connectivity index is 2.35. The van der Waals surface area contributed by atoms with Crippen LogP contribution in [0.1, 0.15) is 11.1 Å². The molecule has 1 rings (SSSR count). The van der Waals surface area contributed by atoms with Crippen LogP contribution in [0, 0.1) is 17.1 Å². The summed E-state index contributed by atoms with van der Waals surface area (Å²) >= 11 is 0. The highest BCUT2D eigenvalue weighted by atomic mass is 19.1. The number of carbonyl (C=O) groups excluding carboxylic acids is 1. The van der Waals surface area contributed by atoms with Gasteiger partial charge in [-0.15, -0.1) is 0 Å². The van der Waals surface area contributed by atoms with E-state index in [4.69, 9.17) is 5.26 Å². The highest BCUT2D eigenvalue weighted by molar-refractivity contribution is 5.73. The van der Waals surface area contributed by atoms with Crippen LogP contribution in [0.25, 0.3) is 0 Å². The lowest BCUT2D eigenvalue weighted by Crippen LogP contribution is -2.38. The molecule has 19 heavy (non-hydrogen) atoms. The maximum absolute atomic E-state index is 13.7. The number of urea groups is 1. The van der Waals surface area contributed by atoms with Crippen molar-refractivity contribution in [2.75, 3.05) is 27.2 Å². The summed E-state index contributed by atoms with van der Waals surface area (Å²) < 4.78 is 13.7. The van der Waals surface area contributed by atoms with Gasteiger partial charge in [0.2, 0.25) is 0 Å². The van der Waals surface area contributed by atoms with Crippen LogP contribution in [-0.2, 0) is 6.54 Å². The number of nitriles is 1. The zero-order valence-electron chi connectivity index (χ0n) is 11.0. The zero-order valence-corrected chi connectivity index (χ0v) is 11.0. The van der Waals surface area contributed by atoms with E-state index in [0.717, 1.165) is 0 Å². The van der Waals surface area contributed by atoms with Gasteiger partial charge in [-0.05, 0) is 6.07 Å². The molecule has 0 atom stereocenters. The van der Waals surface area contributed by atoms with Gasteiger partial charge in [-0.25, -0.2) is 9.18 Å². The molecule has 0 unspecified atom stereocenters. The summed E-state index contributed by atoms with van der Waals surface area (Å²) in [7, 11) is 3.32. The summed E-state index contributed by atoms with van der Waals surface area (Å²) in [6.07, 6.45) is 0. The molecule has 0 aliphatic rings. The summed E-state index contributed by atoms with van der Waals surface area (Å²) in [5, 5.41) is 14.4. The average molecular weight is 264 g/mol. The third-order valence-corrected chi connectivity index (χ3v) is 2.50. The number of amides is 2. The second-order valence-corrected chi connectivity index (χ2v) is 4.19. The zero-order chi connectivity index (χ0) is 14.3. The maximum Gasteiger partial charge on any atom is 0.316 e. The standard InChI is InChI=1S/C13H17FN4O/c1-18(2)13(19)17-7-6-16-9-11-5-3-4-10(8-15)12(11)14/h3-5,16H,6-7,9H2,1-2H3,(H,17,19). The molecule has 0 fully saturated rings. The molecule has 1 aromatic rings. The van der Waals surface area contributed by atoms with E-state index in [9.17, 15) is 9.18 Å². The van der Waals surface area contributed by atoms with E-state index in [1.807, 2.05) is 0 Å². The molecular weight excluding hydrogens is 247 g/mol. The van der Waals surface area contributed by atoms with Crippen molar-refractivity contribution in [1.29, 1.82) is 5.26 Å². The first-order valence-corrected chi connectivity index (χ1v) is 5.89. The van der Waals surface area contributed by atoms with Gasteiger partial charge >= 0.3 is 6.03 Å². The fourth-order valence-corrected chi connectivity index (χ4v) is 1.44. The minimum absolute atomic E-state index is 0.0419. The summed E-state index contributed by atoms with van der Waals surface area (Å²) in [6, 6.07) is 6.34. The molecular formula is C13H17FN4O. The van der Waals surface area contributed by atoms with Gasteiger partial charge in [0.1, 0.15) is 11.9 Å². The first kappa shape index (κ1) is 14.9. The lowest BCUT2D eigenvalue weighted by molar-refractivity contribution is 0.217. The van der Waals surface area contributed by atoms with Crippen LogP contribution in [-0.4, -0.2) is 38.1 Å². The Hall–Kier alpha value is -2.13. The van der Waals surface area contributed by atoms with Crippen molar-refractivity contribution in [3.8, 4) is 6.07 Å². The molecule has 0 bridgehead atoms. The van der Waals surface area contributed by atoms with Gasteiger partial charge in [0.25, 0.3) is 0 Å². The number of rotatable bonds is 5. The van der Waals surface area contributed by atoms with Crippen LogP contribution in [0.15, 0.2) is 18.2 Å². The Labute approximate surface area is 112 Å². The number of halogens is 1. The molecule has 0 spiro atoms. The topological polar surface area (TPSA) is 68.2 Å². The predicted octanol–water partition coefficient (Wildman–Crippen LogP) is 1.06. The van der Waals surface area contributed by atoms with Crippen LogP contribution in [0.5, 0.6) is 0 Å². The number of nitrogens with one attached hydrogen (secondary N) is 2. The van der Waals surface area contributed by atoms with Crippen molar-refractivity contribution in [2.24, 2.45) is 0 Å². The highest BCUT2D eigenvalue weighted by Gasteiger charge is 2.06. The van der Waals surface area contributed by atoms with Crippen LogP contribution in [0.4, 0.5) is 9.18 Å². The number of benzene rings is 1. The molecule has 102 valence electrons. The summed E-state index contributed by atoms with van der Waals surface area (Å²) in [5.74, 6) is -0.491. The van der Waals surface area contributed by atoms with Gasteiger partial charge in [-0.1, -0.05) is 12.1 Å². The minimum atomic E-state index is -0.491. The van der Waals surface area contributed by atoms with Gasteiger partial charge in [-0.3, -0.25) is 0 Å². The van der Waals surface area contributed by atoms with E-state index >= 15 is 0 Å². The summed E-state index contributed by atoms with van der Waals surface area (Å²) in [6.45, 7) is 1.30. The maximum atomic E-state index is 13.7. The Kier molecular flexibility index (Phi) is 5.76. The van der Waals surface area contributed by atoms with Crippen molar-refractivity contribution in [2.45, 2.75) is 6.54 Å². The second kappa shape index (κ2) is 7.34. The van der Waals surface area contributed by atoms with Crippen molar-refractivity contribution < 1.29 is 9.18 Å². The third kappa shape index (κ3) is 4.56. The van der Waals surface area contributed by atoms with Gasteiger partial charge in [0.05, 0.1) is 5.56 Å². The quantitative estimate of drug-likeness (QED) is 0.781. The van der Waals surface area contributed by atoms with Crippen molar-refractivity contribution in [3.05, 3.63) is 35.1 Å². The third-order valence-electron chi connectivity index (χ3n) is 2.50. The Morgan fingerprint density at radius 2 is 2.16 bits per heavy atom. The number of nitrogens with zero attached hydrogens (tertiary/aromatic N) is 2. The number of hydrogen-bond acceptors (Lipinski definition) is 3. The van der Waals surface area contributed by atoms with Crippen LogP contribution in [0.3, 0.4) is 0 Å². The van der Waals surface area contributed by atoms with Crippen molar-refractivity contribution in [3.63, 3.8) is 0 Å². The predicted molar refractivity (Wildman–Crippen MR) is 69.9 cm³/mol. The Bertz CT molecular complexity index is 482. The lowest BCUT2D eigenvalue weighted by atomic mass is 10.1. The van der Waals surface area contributed by atoms with Gasteiger partial charge in [0.15, 0.2) is 0 Å². The Morgan fingerprint density at radius 1 is 1.42 bits per heavy atom. The van der Waals surface area contributed by atoms with Crippen LogP contribution < -0.4 is 10.6 Å². The molecule has 0 aliphatic carbocycles. The summed E-state index contributed by atoms with van der Waals surface area (Å²) in [5.41, 5.74) is 0.484. The van der Waals surface area contributed by atoms with Crippen LogP contribution in [0.2, 0.25) is 0 Å². The van der Waals surface area contributed by atoms with Crippen molar-refractivity contribution in [1.82, 2.24) is 15.5 Å². The van der Waals surface area contributed by atoms with Gasteiger partial charge in [0, 0.05) is 39.3 Å². The minimum Gasteiger partial charge on any atom is -0.337 e. The smallest absolute Gasteiger partial charge is 0.316 e. The fourth-order valence-electron chi connectivity index (χ4n) is 1.44. The second-order valence-electron chi connectivity index (χ2n) is 4.19. The molecule has 6 heteroatoms. The van der Waals surface area contributed by atoms with E-state index in [1.165, 1.54) is 11.0 Å². The molecule has 0 heterocycles. The lowest BCUT2D eigenvalue weighted by Gasteiger charge is -2.12. The van der Waals surface area contributed by atoms with Crippen molar-refractivity contribution >= 4 is 6.03 Å². The first-order valence-electron chi connectivity index (χ1n) is 5.89. The normalized spacial score (nSPS) is 9.79. The first-order chi connectivity index (χ1) is 9.06. The van der Waals surface area contributed by atoms with Crippen LogP contribution >= 0.6 is 0 Å². The highest BCUT2D eigenvalue weighted by Crippen LogP contribution is 2.11. The fraction of sp³-hybridized carbons (Fsp3) is 0.385. The Morgan fingerprint density at radius 3 is 2.79 bits per heavy atom. The van der Waals surface area contributed by atoms with Gasteiger partial charge in [-0.2, -0.15) is 5.26 Å².